The van der Waals surface area contributed by atoms with Crippen molar-refractivity contribution in [2.75, 3.05) is 14.7 Å². The van der Waals surface area contributed by atoms with Crippen LogP contribution in [0.1, 0.15) is 51.3 Å². The first-order chi connectivity index (χ1) is 40.1. The summed E-state index contributed by atoms with van der Waals surface area (Å²) in [6.45, 7) is 11.4. The van der Waals surface area contributed by atoms with Crippen LogP contribution in [0, 0.1) is 6.33 Å². The summed E-state index contributed by atoms with van der Waals surface area (Å²) in [5.41, 5.74) is 23.8. The Morgan fingerprint density at radius 1 is 0.500 bits per heavy atom. The molecule has 3 aromatic heterocycles. The molecule has 0 saturated carbocycles. The lowest BCUT2D eigenvalue weighted by Gasteiger charge is -2.49. The van der Waals surface area contributed by atoms with Gasteiger partial charge in [0.1, 0.15) is 17.3 Å². The Bertz CT molecular complexity index is 4790. The van der Waals surface area contributed by atoms with Gasteiger partial charge in [-0.05, 0) is 154 Å². The largest absolute Gasteiger partial charge is 0.458 e. The minimum absolute atomic E-state index is 0.0862. The fraction of sp³-hybridized carbons (Fsp3) is 0.0959. The van der Waals surface area contributed by atoms with Crippen LogP contribution in [0.5, 0.6) is 11.5 Å². The molecule has 13 aromatic rings. The molecule has 0 fully saturated rings. The van der Waals surface area contributed by atoms with Crippen molar-refractivity contribution in [1.29, 1.82) is 0 Å². The first-order valence-corrected chi connectivity index (χ1v) is 28.4. The first-order valence-electron chi connectivity index (χ1n) is 28.4. The van der Waals surface area contributed by atoms with Crippen LogP contribution < -0.4 is 40.4 Å². The van der Waals surface area contributed by atoms with Crippen LogP contribution in [0.15, 0.2) is 237 Å². The Labute approximate surface area is 476 Å². The van der Waals surface area contributed by atoms with Crippen molar-refractivity contribution in [3.63, 3.8) is 0 Å². The highest BCUT2D eigenvalue weighted by Crippen LogP contribution is 2.54. The van der Waals surface area contributed by atoms with Crippen molar-refractivity contribution in [2.24, 2.45) is 0 Å². The summed E-state index contributed by atoms with van der Waals surface area (Å²) in [6.07, 6.45) is 5.74. The predicted molar refractivity (Wildman–Crippen MR) is 335 cm³/mol. The van der Waals surface area contributed by atoms with E-state index in [-0.39, 0.29) is 17.5 Å². The fourth-order valence-corrected chi connectivity index (χ4v) is 14.2. The molecule has 0 unspecified atom stereocenters. The standard InChI is InChI=1S/C73H54BN7O/c1-72(2,3)46-39-40-75-65(41-46)81-61-42-51(82-52-36-38-54-62(43-52)77-45-76(47-21-10-6-11-22-47)60-34-18-29-55(70(60)77)73(54,4)5)35-37-53(61)66-63(81)44-64-69-71(66)80(50-27-16-9-17-28-50)59-33-20-31-57-68(59)74(69)67-56(78(57)48-23-12-7-13-24-48)30-19-32-58(67)79(64)49-25-14-8-15-26-49/h6-44H,1-5H3. The molecule has 0 radical (unpaired) electrons. The fourth-order valence-electron chi connectivity index (χ4n) is 14.2. The van der Waals surface area contributed by atoms with Crippen molar-refractivity contribution in [3.05, 3.63) is 260 Å². The van der Waals surface area contributed by atoms with Gasteiger partial charge in [0.05, 0.1) is 39.1 Å². The Kier molecular flexibility index (Phi) is 9.67. The van der Waals surface area contributed by atoms with Crippen LogP contribution in [0.25, 0.3) is 50.0 Å². The van der Waals surface area contributed by atoms with E-state index >= 15 is 0 Å². The molecule has 10 aromatic carbocycles. The van der Waals surface area contributed by atoms with Gasteiger partial charge in [-0.15, -0.1) is 0 Å². The van der Waals surface area contributed by atoms with Crippen LogP contribution in [-0.2, 0) is 10.8 Å². The highest BCUT2D eigenvalue weighted by molar-refractivity contribution is 7.03. The Hall–Kier alpha value is -10.1. The lowest BCUT2D eigenvalue weighted by molar-refractivity contribution is -0.572. The predicted octanol–water partition coefficient (Wildman–Crippen LogP) is 15.8. The monoisotopic (exact) mass is 1060 g/mol. The maximum absolute atomic E-state index is 7.17. The molecule has 4 aliphatic rings. The SMILES string of the molecule is CC(C)(C)c1ccnc(-n2c3cc(Oc4ccc5c(c4)-n4[c-][n+](-c6ccccc6)c6cccc(c64)C5(C)C)ccc3c3c4c5c(cc32)N(c2ccccc2)c2cccc3c2B5c2c(cccc2N4c2ccccc2)N3c2ccccc2)c1. The van der Waals surface area contributed by atoms with Crippen LogP contribution in [0.3, 0.4) is 0 Å². The summed E-state index contributed by atoms with van der Waals surface area (Å²) in [5, 5.41) is 2.26. The van der Waals surface area contributed by atoms with E-state index in [1.807, 2.05) is 6.20 Å². The molecule has 0 spiro atoms. The van der Waals surface area contributed by atoms with Gasteiger partial charge in [0.15, 0.2) is 0 Å². The number of imidazole rings is 1. The zero-order valence-electron chi connectivity index (χ0n) is 46.1. The van der Waals surface area contributed by atoms with Gasteiger partial charge in [-0.2, -0.15) is 0 Å². The number of anilines is 9. The number of fused-ring (bicyclic) bond motifs is 6. The lowest BCUT2D eigenvalue weighted by atomic mass is 9.31. The molecule has 0 N–H and O–H groups in total. The van der Waals surface area contributed by atoms with E-state index in [0.29, 0.717) is 0 Å². The average Bonchev–Trinajstić information content (AvgIpc) is 2.06. The van der Waals surface area contributed by atoms with Gasteiger partial charge in [-0.3, -0.25) is 13.7 Å². The Morgan fingerprint density at radius 2 is 1.07 bits per heavy atom. The van der Waals surface area contributed by atoms with Crippen LogP contribution in [-0.4, -0.2) is 20.8 Å². The number of rotatable bonds is 7. The van der Waals surface area contributed by atoms with Gasteiger partial charge in [-0.1, -0.05) is 144 Å². The van der Waals surface area contributed by atoms with Gasteiger partial charge < -0.3 is 19.4 Å². The second-order valence-electron chi connectivity index (χ2n) is 23.8. The molecule has 0 amide bonds. The maximum atomic E-state index is 7.17. The zero-order valence-corrected chi connectivity index (χ0v) is 46.1. The first kappa shape index (κ1) is 46.8. The molecule has 17 rings (SSSR count). The van der Waals surface area contributed by atoms with Crippen molar-refractivity contribution in [3.8, 4) is 28.7 Å². The molecule has 9 heteroatoms. The van der Waals surface area contributed by atoms with E-state index < -0.39 is 0 Å². The quantitative estimate of drug-likeness (QED) is 0.0904. The Morgan fingerprint density at radius 3 is 1.72 bits per heavy atom. The number of hydrogen-bond acceptors (Lipinski definition) is 5. The Balaban J connectivity index is 0.939. The number of aromatic nitrogens is 4. The van der Waals surface area contributed by atoms with E-state index in [1.54, 1.807) is 0 Å². The molecule has 82 heavy (non-hydrogen) atoms. The van der Waals surface area contributed by atoms with Gasteiger partial charge in [-0.25, -0.2) is 4.98 Å². The van der Waals surface area contributed by atoms with Gasteiger partial charge in [0, 0.05) is 73.9 Å². The normalized spacial score (nSPS) is 14.2. The van der Waals surface area contributed by atoms with Gasteiger partial charge in [0.2, 0.25) is 0 Å². The molecule has 0 bridgehead atoms. The van der Waals surface area contributed by atoms with Gasteiger partial charge in [0.25, 0.3) is 13.0 Å². The van der Waals surface area contributed by atoms with Crippen molar-refractivity contribution >= 4 is 107 Å². The third-order valence-electron chi connectivity index (χ3n) is 17.8. The van der Waals surface area contributed by atoms with E-state index in [2.05, 4.69) is 300 Å². The summed E-state index contributed by atoms with van der Waals surface area (Å²) in [7, 11) is 0. The van der Waals surface area contributed by atoms with Crippen LogP contribution in [0.4, 0.5) is 51.2 Å². The second kappa shape index (κ2) is 17.0. The highest BCUT2D eigenvalue weighted by atomic mass is 16.5. The van der Waals surface area contributed by atoms with E-state index in [1.165, 1.54) is 44.5 Å². The number of benzene rings is 10. The summed E-state index contributed by atoms with van der Waals surface area (Å²) in [4.78, 5) is 12.8. The van der Waals surface area contributed by atoms with E-state index in [4.69, 9.17) is 9.72 Å². The molecule has 0 atom stereocenters. The third kappa shape index (κ3) is 6.50. The molecular formula is C73H54BN7O. The highest BCUT2D eigenvalue weighted by Gasteiger charge is 2.50. The topological polar surface area (TPSA) is 45.6 Å². The molecule has 0 aliphatic carbocycles. The zero-order chi connectivity index (χ0) is 54.8. The smallest absolute Gasteiger partial charge is 0.269 e. The summed E-state index contributed by atoms with van der Waals surface area (Å²) < 4.78 is 14.0. The minimum Gasteiger partial charge on any atom is -0.458 e. The van der Waals surface area contributed by atoms with Gasteiger partial charge >= 0.3 is 0 Å². The number of para-hydroxylation sites is 5. The molecule has 7 heterocycles. The van der Waals surface area contributed by atoms with Crippen molar-refractivity contribution in [2.45, 2.75) is 45.4 Å². The van der Waals surface area contributed by atoms with Crippen LogP contribution in [0.2, 0.25) is 0 Å². The number of hydrogen-bond donors (Lipinski definition) is 0. The molecule has 0 saturated heterocycles. The lowest BCUT2D eigenvalue weighted by Crippen LogP contribution is -2.64. The summed E-state index contributed by atoms with van der Waals surface area (Å²) >= 11 is 0. The average molecular weight is 1060 g/mol. The molecular weight excluding hydrogens is 1000 g/mol. The van der Waals surface area contributed by atoms with Crippen molar-refractivity contribution < 1.29 is 9.30 Å². The third-order valence-corrected chi connectivity index (χ3v) is 17.8. The number of pyridine rings is 1. The molecule has 4 aliphatic heterocycles. The summed E-state index contributed by atoms with van der Waals surface area (Å²) in [5.74, 6) is 2.31. The molecule has 390 valence electrons. The summed E-state index contributed by atoms with van der Waals surface area (Å²) in [6, 6.07) is 83.8. The number of ether oxygens (including phenoxy) is 1. The van der Waals surface area contributed by atoms with Crippen molar-refractivity contribution in [1.82, 2.24) is 14.1 Å². The maximum Gasteiger partial charge on any atom is 0.269 e. The molecule has 8 nitrogen and oxygen atoms in total. The van der Waals surface area contributed by atoms with E-state index in [0.717, 1.165) is 101 Å². The van der Waals surface area contributed by atoms with E-state index in [9.17, 15) is 0 Å². The number of nitrogens with zero attached hydrogens (tertiary/aromatic N) is 7. The van der Waals surface area contributed by atoms with Crippen LogP contribution >= 0.6 is 0 Å². The minimum atomic E-state index is -0.272. The second-order valence-corrected chi connectivity index (χ2v) is 23.8.